The predicted molar refractivity (Wildman–Crippen MR) is 229 cm³/mol. The summed E-state index contributed by atoms with van der Waals surface area (Å²) >= 11 is 0. The van der Waals surface area contributed by atoms with Crippen molar-refractivity contribution in [1.82, 2.24) is 0 Å². The molecule has 1 unspecified atom stereocenters. The van der Waals surface area contributed by atoms with Gasteiger partial charge in [0, 0.05) is 19.3 Å². The molecule has 6 nitrogen and oxygen atoms in total. The lowest BCUT2D eigenvalue weighted by atomic mass is 10.1. The highest BCUT2D eigenvalue weighted by molar-refractivity contribution is 5.71. The second-order valence-corrected chi connectivity index (χ2v) is 15.0. The van der Waals surface area contributed by atoms with Crippen LogP contribution in [0.15, 0.2) is 48.6 Å². The van der Waals surface area contributed by atoms with Crippen molar-refractivity contribution < 1.29 is 28.6 Å². The fourth-order valence-corrected chi connectivity index (χ4v) is 6.09. The summed E-state index contributed by atoms with van der Waals surface area (Å²) in [4.78, 5) is 37.4. The van der Waals surface area contributed by atoms with Crippen LogP contribution >= 0.6 is 0 Å². The summed E-state index contributed by atoms with van der Waals surface area (Å²) in [6.45, 7) is 6.47. The summed E-state index contributed by atoms with van der Waals surface area (Å²) in [6.07, 6.45) is 49.8. The summed E-state index contributed by atoms with van der Waals surface area (Å²) in [5, 5.41) is 0. The molecule has 0 radical (unpaired) electrons. The molecular formula is C48H84O6. The zero-order valence-electron chi connectivity index (χ0n) is 35.5. The average Bonchev–Trinajstić information content (AvgIpc) is 3.17. The predicted octanol–water partition coefficient (Wildman–Crippen LogP) is 14.4. The minimum absolute atomic E-state index is 0.0818. The minimum Gasteiger partial charge on any atom is -0.462 e. The van der Waals surface area contributed by atoms with E-state index in [1.165, 1.54) is 83.5 Å². The molecule has 0 rings (SSSR count). The maximum atomic E-state index is 12.6. The van der Waals surface area contributed by atoms with Crippen molar-refractivity contribution in [3.05, 3.63) is 48.6 Å². The van der Waals surface area contributed by atoms with Gasteiger partial charge in [0.05, 0.1) is 0 Å². The molecule has 0 spiro atoms. The molecule has 0 aromatic heterocycles. The molecular weight excluding hydrogens is 673 g/mol. The quantitative estimate of drug-likeness (QED) is 0.0268. The van der Waals surface area contributed by atoms with Gasteiger partial charge in [-0.05, 0) is 83.5 Å². The van der Waals surface area contributed by atoms with Gasteiger partial charge in [-0.1, -0.05) is 166 Å². The number of esters is 3. The standard InChI is InChI=1S/C48H84O6/c1-4-7-10-13-15-17-19-21-22-23-24-25-26-27-29-30-32-35-38-41-47(50)53-44-45(43-52-46(49)40-37-34-12-9-6-3)54-48(51)42-39-36-33-31-28-20-18-16-14-11-8-5-2/h15-18,21-22,24-25,45H,4-14,19-20,23,26-44H2,1-3H3/b17-15-,18-16-,22-21-,25-24-. The normalized spacial score (nSPS) is 12.4. The van der Waals surface area contributed by atoms with E-state index in [4.69, 9.17) is 14.2 Å². The third-order valence-electron chi connectivity index (χ3n) is 9.56. The molecule has 0 saturated heterocycles. The first-order chi connectivity index (χ1) is 26.5. The second kappa shape index (κ2) is 43.1. The topological polar surface area (TPSA) is 78.9 Å². The SMILES string of the molecule is CCCCC/C=C\C/C=C\C/C=C\CCCCCCCCC(=O)OCC(COC(=O)CCCCCCC)OC(=O)CCCCCCC/C=C\CCCCC. The molecule has 312 valence electrons. The Hall–Kier alpha value is -2.63. The average molecular weight is 757 g/mol. The van der Waals surface area contributed by atoms with Crippen molar-refractivity contribution in [2.75, 3.05) is 13.2 Å². The van der Waals surface area contributed by atoms with Crippen LogP contribution in [0, 0.1) is 0 Å². The first-order valence-corrected chi connectivity index (χ1v) is 22.6. The van der Waals surface area contributed by atoms with E-state index in [1.54, 1.807) is 0 Å². The Balaban J connectivity index is 4.23. The van der Waals surface area contributed by atoms with Gasteiger partial charge >= 0.3 is 17.9 Å². The minimum atomic E-state index is -0.776. The monoisotopic (exact) mass is 757 g/mol. The van der Waals surface area contributed by atoms with Crippen LogP contribution in [0.1, 0.15) is 220 Å². The number of hydrogen-bond donors (Lipinski definition) is 0. The van der Waals surface area contributed by atoms with Gasteiger partial charge in [0.25, 0.3) is 0 Å². The fourth-order valence-electron chi connectivity index (χ4n) is 6.09. The lowest BCUT2D eigenvalue weighted by Crippen LogP contribution is -2.30. The van der Waals surface area contributed by atoms with Gasteiger partial charge in [0.1, 0.15) is 13.2 Å². The zero-order chi connectivity index (χ0) is 39.4. The highest BCUT2D eigenvalue weighted by atomic mass is 16.6. The van der Waals surface area contributed by atoms with Crippen molar-refractivity contribution in [1.29, 1.82) is 0 Å². The maximum absolute atomic E-state index is 12.6. The lowest BCUT2D eigenvalue weighted by molar-refractivity contribution is -0.167. The Kier molecular flexibility index (Phi) is 41.0. The largest absolute Gasteiger partial charge is 0.462 e. The molecule has 0 heterocycles. The van der Waals surface area contributed by atoms with Crippen LogP contribution in [0.25, 0.3) is 0 Å². The van der Waals surface area contributed by atoms with Crippen molar-refractivity contribution in [2.45, 2.75) is 226 Å². The van der Waals surface area contributed by atoms with Crippen molar-refractivity contribution in [2.24, 2.45) is 0 Å². The van der Waals surface area contributed by atoms with Crippen LogP contribution < -0.4 is 0 Å². The summed E-state index contributed by atoms with van der Waals surface area (Å²) in [5.41, 5.74) is 0. The Labute approximate surface area is 333 Å². The number of allylic oxidation sites excluding steroid dienone is 8. The molecule has 0 N–H and O–H groups in total. The van der Waals surface area contributed by atoms with Crippen LogP contribution in [0.2, 0.25) is 0 Å². The second-order valence-electron chi connectivity index (χ2n) is 15.0. The highest BCUT2D eigenvalue weighted by Gasteiger charge is 2.19. The first kappa shape index (κ1) is 51.4. The van der Waals surface area contributed by atoms with E-state index < -0.39 is 6.10 Å². The van der Waals surface area contributed by atoms with Crippen LogP contribution in [-0.4, -0.2) is 37.2 Å². The molecule has 0 saturated carbocycles. The van der Waals surface area contributed by atoms with E-state index in [1.807, 2.05) is 0 Å². The smallest absolute Gasteiger partial charge is 0.306 e. The molecule has 6 heteroatoms. The number of hydrogen-bond acceptors (Lipinski definition) is 6. The molecule has 0 aliphatic rings. The van der Waals surface area contributed by atoms with E-state index in [0.29, 0.717) is 19.3 Å². The number of rotatable bonds is 40. The van der Waals surface area contributed by atoms with Gasteiger partial charge in [-0.2, -0.15) is 0 Å². The van der Waals surface area contributed by atoms with E-state index in [9.17, 15) is 14.4 Å². The molecule has 1 atom stereocenters. The highest BCUT2D eigenvalue weighted by Crippen LogP contribution is 2.13. The summed E-state index contributed by atoms with van der Waals surface area (Å²) < 4.78 is 16.6. The zero-order valence-corrected chi connectivity index (χ0v) is 35.5. The van der Waals surface area contributed by atoms with Gasteiger partial charge in [-0.25, -0.2) is 0 Å². The van der Waals surface area contributed by atoms with Crippen LogP contribution in [0.3, 0.4) is 0 Å². The molecule has 0 amide bonds. The van der Waals surface area contributed by atoms with Crippen molar-refractivity contribution in [3.8, 4) is 0 Å². The van der Waals surface area contributed by atoms with Gasteiger partial charge in [-0.15, -0.1) is 0 Å². The van der Waals surface area contributed by atoms with Crippen LogP contribution in [-0.2, 0) is 28.6 Å². The first-order valence-electron chi connectivity index (χ1n) is 22.6. The summed E-state index contributed by atoms with van der Waals surface area (Å²) in [6, 6.07) is 0. The van der Waals surface area contributed by atoms with E-state index in [-0.39, 0.29) is 31.1 Å². The van der Waals surface area contributed by atoms with Gasteiger partial charge < -0.3 is 14.2 Å². The van der Waals surface area contributed by atoms with Gasteiger partial charge in [0.2, 0.25) is 0 Å². The molecule has 0 aromatic rings. The molecule has 0 fully saturated rings. The maximum Gasteiger partial charge on any atom is 0.306 e. The molecule has 0 aromatic carbocycles. The van der Waals surface area contributed by atoms with E-state index in [2.05, 4.69) is 69.4 Å². The number of carbonyl (C=O) groups excluding carboxylic acids is 3. The summed E-state index contributed by atoms with van der Waals surface area (Å²) in [5.74, 6) is -0.920. The van der Waals surface area contributed by atoms with Crippen molar-refractivity contribution >= 4 is 17.9 Å². The lowest BCUT2D eigenvalue weighted by Gasteiger charge is -2.18. The number of carbonyl (C=O) groups is 3. The summed E-state index contributed by atoms with van der Waals surface area (Å²) in [7, 11) is 0. The fraction of sp³-hybridized carbons (Fsp3) is 0.771. The number of unbranched alkanes of at least 4 members (excludes halogenated alkanes) is 21. The van der Waals surface area contributed by atoms with Crippen LogP contribution in [0.4, 0.5) is 0 Å². The Morgan fingerprint density at radius 2 is 0.667 bits per heavy atom. The van der Waals surface area contributed by atoms with E-state index in [0.717, 1.165) is 96.3 Å². The Morgan fingerprint density at radius 3 is 1.09 bits per heavy atom. The van der Waals surface area contributed by atoms with Crippen molar-refractivity contribution in [3.63, 3.8) is 0 Å². The van der Waals surface area contributed by atoms with Crippen LogP contribution in [0.5, 0.6) is 0 Å². The van der Waals surface area contributed by atoms with Gasteiger partial charge in [0.15, 0.2) is 6.10 Å². The third-order valence-corrected chi connectivity index (χ3v) is 9.56. The molecule has 54 heavy (non-hydrogen) atoms. The molecule has 0 aliphatic carbocycles. The molecule has 0 bridgehead atoms. The van der Waals surface area contributed by atoms with E-state index >= 15 is 0 Å². The third kappa shape index (κ3) is 40.6. The Morgan fingerprint density at radius 1 is 0.370 bits per heavy atom. The Bertz CT molecular complexity index is 964. The van der Waals surface area contributed by atoms with Gasteiger partial charge in [-0.3, -0.25) is 14.4 Å². The number of ether oxygens (including phenoxy) is 3. The molecule has 0 aliphatic heterocycles.